The summed E-state index contributed by atoms with van der Waals surface area (Å²) in [4.78, 5) is 7.85. The Labute approximate surface area is 217 Å². The molecule has 2 aliphatic rings. The molecular weight excluding hydrogens is 526 g/mol. The molecule has 202 valence electrons. The Morgan fingerprint density at radius 2 is 1.85 bits per heavy atom. The Morgan fingerprint density at radius 1 is 1.03 bits per heavy atom. The fourth-order valence-corrected chi connectivity index (χ4v) is 4.91. The van der Waals surface area contributed by atoms with Crippen LogP contribution in [-0.4, -0.2) is 26.3 Å². The van der Waals surface area contributed by atoms with E-state index in [1.807, 2.05) is 12.1 Å². The molecule has 3 heterocycles. The minimum Gasteiger partial charge on any atom is -0.359 e. The quantitative estimate of drug-likeness (QED) is 0.278. The highest BCUT2D eigenvalue weighted by Crippen LogP contribution is 2.41. The van der Waals surface area contributed by atoms with E-state index >= 15 is 0 Å². The second-order valence-electron chi connectivity index (χ2n) is 9.38. The summed E-state index contributed by atoms with van der Waals surface area (Å²) in [5.74, 6) is 0.800. The number of benzene rings is 2. The summed E-state index contributed by atoms with van der Waals surface area (Å²) in [6, 6.07) is 11.1. The van der Waals surface area contributed by atoms with Gasteiger partial charge >= 0.3 is 12.4 Å². The molecule has 4 aromatic rings. The van der Waals surface area contributed by atoms with Crippen molar-refractivity contribution in [3.63, 3.8) is 0 Å². The largest absolute Gasteiger partial charge is 0.417 e. The monoisotopic (exact) mass is 546 g/mol. The lowest BCUT2D eigenvalue weighted by molar-refractivity contribution is -0.142. The number of aryl methyl sites for hydroxylation is 1. The molecule has 0 fully saturated rings. The number of aromatic amines is 1. The molecule has 0 saturated carbocycles. The molecule has 0 radical (unpaired) electrons. The number of halogens is 6. The van der Waals surface area contributed by atoms with Gasteiger partial charge in [-0.2, -0.15) is 31.4 Å². The zero-order valence-electron chi connectivity index (χ0n) is 20.1. The van der Waals surface area contributed by atoms with Gasteiger partial charge in [-0.05, 0) is 36.1 Å². The minimum atomic E-state index is -5.02. The van der Waals surface area contributed by atoms with Crippen molar-refractivity contribution in [3.8, 4) is 11.3 Å². The number of rotatable bonds is 5. The predicted molar refractivity (Wildman–Crippen MR) is 128 cm³/mol. The molecule has 0 spiro atoms. The van der Waals surface area contributed by atoms with Crippen LogP contribution in [0, 0.1) is 0 Å². The molecule has 2 aromatic heterocycles. The molecule has 0 amide bonds. The Morgan fingerprint density at radius 3 is 2.64 bits per heavy atom. The molecule has 0 bridgehead atoms. The Kier molecular flexibility index (Phi) is 5.88. The third-order valence-electron chi connectivity index (χ3n) is 6.76. The van der Waals surface area contributed by atoms with Gasteiger partial charge in [-0.15, -0.1) is 0 Å². The van der Waals surface area contributed by atoms with Gasteiger partial charge in [0.25, 0.3) is 0 Å². The standard InChI is InChI=1S/C26H20F6N6O/c27-25(28,29)15-6-7-18(19(9-15)26(30,31)32)21-10-16(39-37-21)12-38-13-23-22(11-33-38)35-24(36-23)34-20-8-5-14-3-1-2-4-17(14)20/h1-4,6-7,9-11,20H,5,8,12-13H2,(H2,34,35,36). The lowest BCUT2D eigenvalue weighted by Gasteiger charge is -2.19. The molecule has 6 rings (SSSR count). The van der Waals surface area contributed by atoms with E-state index in [0.717, 1.165) is 30.3 Å². The van der Waals surface area contributed by atoms with E-state index in [1.165, 1.54) is 17.2 Å². The van der Waals surface area contributed by atoms with Crippen LogP contribution in [0.4, 0.5) is 32.3 Å². The maximum absolute atomic E-state index is 13.6. The van der Waals surface area contributed by atoms with Crippen LogP contribution in [-0.2, 0) is 31.9 Å². The zero-order valence-corrected chi connectivity index (χ0v) is 20.1. The third kappa shape index (κ3) is 4.95. The molecule has 1 aliphatic heterocycles. The lowest BCUT2D eigenvalue weighted by Crippen LogP contribution is -2.21. The number of H-pyrrole nitrogens is 1. The summed E-state index contributed by atoms with van der Waals surface area (Å²) in [6.45, 7) is 0.367. The third-order valence-corrected chi connectivity index (χ3v) is 6.76. The van der Waals surface area contributed by atoms with Crippen LogP contribution in [0.25, 0.3) is 11.3 Å². The van der Waals surface area contributed by atoms with E-state index in [1.54, 1.807) is 11.2 Å². The number of hydrazone groups is 1. The number of fused-ring (bicyclic) bond motifs is 2. The molecule has 2 aromatic carbocycles. The highest BCUT2D eigenvalue weighted by atomic mass is 19.4. The van der Waals surface area contributed by atoms with Crippen LogP contribution < -0.4 is 5.32 Å². The predicted octanol–water partition coefficient (Wildman–Crippen LogP) is 6.55. The average molecular weight is 546 g/mol. The first-order valence-electron chi connectivity index (χ1n) is 12.0. The maximum atomic E-state index is 13.6. The van der Waals surface area contributed by atoms with Crippen molar-refractivity contribution >= 4 is 12.2 Å². The number of nitrogens with zero attached hydrogens (tertiary/aromatic N) is 4. The van der Waals surface area contributed by atoms with Crippen molar-refractivity contribution in [2.75, 3.05) is 5.32 Å². The minimum absolute atomic E-state index is 0.0660. The van der Waals surface area contributed by atoms with Crippen LogP contribution in [0.15, 0.2) is 58.2 Å². The van der Waals surface area contributed by atoms with Crippen molar-refractivity contribution in [3.05, 3.63) is 87.9 Å². The van der Waals surface area contributed by atoms with E-state index < -0.39 is 29.0 Å². The average Bonchev–Trinajstić information content (AvgIpc) is 3.61. The van der Waals surface area contributed by atoms with Gasteiger partial charge in [-0.1, -0.05) is 35.5 Å². The fourth-order valence-electron chi connectivity index (χ4n) is 4.91. The van der Waals surface area contributed by atoms with E-state index in [4.69, 9.17) is 4.52 Å². The number of alkyl halides is 6. The highest BCUT2D eigenvalue weighted by molar-refractivity contribution is 5.80. The van der Waals surface area contributed by atoms with E-state index in [-0.39, 0.29) is 30.1 Å². The van der Waals surface area contributed by atoms with Crippen LogP contribution in [0.2, 0.25) is 0 Å². The van der Waals surface area contributed by atoms with Gasteiger partial charge in [0.05, 0.1) is 47.9 Å². The van der Waals surface area contributed by atoms with Gasteiger partial charge in [0.15, 0.2) is 5.76 Å². The van der Waals surface area contributed by atoms with Gasteiger partial charge in [0.2, 0.25) is 5.95 Å². The van der Waals surface area contributed by atoms with E-state index in [2.05, 4.69) is 37.7 Å². The van der Waals surface area contributed by atoms with Crippen LogP contribution >= 0.6 is 0 Å². The number of hydrogen-bond donors (Lipinski definition) is 2. The van der Waals surface area contributed by atoms with Gasteiger partial charge in [0, 0.05) is 11.6 Å². The van der Waals surface area contributed by atoms with Crippen molar-refractivity contribution in [1.82, 2.24) is 20.1 Å². The molecule has 13 heteroatoms. The molecule has 39 heavy (non-hydrogen) atoms. The first-order chi connectivity index (χ1) is 18.5. The molecule has 1 aliphatic carbocycles. The van der Waals surface area contributed by atoms with Crippen LogP contribution in [0.3, 0.4) is 0 Å². The van der Waals surface area contributed by atoms with Crippen molar-refractivity contribution in [2.45, 2.75) is 44.3 Å². The molecule has 1 unspecified atom stereocenters. The molecule has 0 saturated heterocycles. The van der Waals surface area contributed by atoms with Crippen molar-refractivity contribution in [2.24, 2.45) is 5.10 Å². The number of imidazole rings is 1. The molecule has 7 nitrogen and oxygen atoms in total. The molecule has 1 atom stereocenters. The first kappa shape index (κ1) is 25.0. The van der Waals surface area contributed by atoms with Crippen LogP contribution in [0.1, 0.15) is 51.9 Å². The zero-order chi connectivity index (χ0) is 27.4. The topological polar surface area (TPSA) is 82.3 Å². The smallest absolute Gasteiger partial charge is 0.359 e. The summed E-state index contributed by atoms with van der Waals surface area (Å²) < 4.78 is 84.9. The van der Waals surface area contributed by atoms with Gasteiger partial charge in [-0.3, -0.25) is 5.01 Å². The fraction of sp³-hybridized carbons (Fsp3) is 0.269. The Bertz CT molecular complexity index is 1550. The number of aromatic nitrogens is 3. The summed E-state index contributed by atoms with van der Waals surface area (Å²) in [5.41, 5.74) is 0.430. The summed E-state index contributed by atoms with van der Waals surface area (Å²) in [5, 5.41) is 13.0. The second-order valence-corrected chi connectivity index (χ2v) is 9.38. The van der Waals surface area contributed by atoms with Crippen molar-refractivity contribution < 1.29 is 30.9 Å². The molecule has 2 N–H and O–H groups in total. The Balaban J connectivity index is 1.16. The van der Waals surface area contributed by atoms with Gasteiger partial charge in [-0.25, -0.2) is 4.98 Å². The molecular formula is C26H20F6N6O. The summed E-state index contributed by atoms with van der Waals surface area (Å²) >= 11 is 0. The second kappa shape index (κ2) is 9.17. The summed E-state index contributed by atoms with van der Waals surface area (Å²) in [7, 11) is 0. The van der Waals surface area contributed by atoms with Gasteiger partial charge in [0.1, 0.15) is 5.69 Å². The van der Waals surface area contributed by atoms with Gasteiger partial charge < -0.3 is 14.8 Å². The lowest BCUT2D eigenvalue weighted by atomic mass is 10.0. The highest BCUT2D eigenvalue weighted by Gasteiger charge is 2.39. The maximum Gasteiger partial charge on any atom is 0.417 e. The SMILES string of the molecule is FC(F)(F)c1ccc(-c2cc(CN3Cc4nc(NC5CCc6ccccc65)[nH]c4C=N3)on2)c(C(F)(F)F)c1. The number of nitrogens with one attached hydrogen (secondary N) is 2. The first-order valence-corrected chi connectivity index (χ1v) is 12.0. The normalized spacial score (nSPS) is 16.9. The van der Waals surface area contributed by atoms with Crippen molar-refractivity contribution in [1.29, 1.82) is 0 Å². The van der Waals surface area contributed by atoms with E-state index in [0.29, 0.717) is 18.6 Å². The number of anilines is 1. The summed E-state index contributed by atoms with van der Waals surface area (Å²) in [6.07, 6.45) is -6.40. The number of hydrogen-bond acceptors (Lipinski definition) is 6. The van der Waals surface area contributed by atoms with Crippen LogP contribution in [0.5, 0.6) is 0 Å². The van der Waals surface area contributed by atoms with E-state index in [9.17, 15) is 26.3 Å². The Hall–Kier alpha value is -4.29.